The summed E-state index contributed by atoms with van der Waals surface area (Å²) in [6.07, 6.45) is 10.2. The van der Waals surface area contributed by atoms with Gasteiger partial charge in [-0.2, -0.15) is 0 Å². The van der Waals surface area contributed by atoms with Gasteiger partial charge in [-0.1, -0.05) is 31.4 Å². The molecular weight excluding hydrogens is 402 g/mol. The number of benzene rings is 1. The summed E-state index contributed by atoms with van der Waals surface area (Å²) in [5.41, 5.74) is 3.90. The second-order valence-electron chi connectivity index (χ2n) is 8.89. The van der Waals surface area contributed by atoms with Crippen LogP contribution in [-0.2, 0) is 34.8 Å². The maximum atomic E-state index is 12.8. The Balaban J connectivity index is 1.35. The molecule has 1 aromatic heterocycles. The van der Waals surface area contributed by atoms with E-state index in [0.717, 1.165) is 42.5 Å². The fourth-order valence-electron chi connectivity index (χ4n) is 4.49. The Morgan fingerprint density at radius 1 is 1.27 bits per heavy atom. The summed E-state index contributed by atoms with van der Waals surface area (Å²) in [7, 11) is -3.67. The van der Waals surface area contributed by atoms with Crippen LogP contribution in [0, 0.1) is 10.7 Å². The van der Waals surface area contributed by atoms with E-state index >= 15 is 0 Å². The van der Waals surface area contributed by atoms with E-state index in [-0.39, 0.29) is 5.09 Å². The lowest BCUT2D eigenvalue weighted by Crippen LogP contribution is -2.34. The number of rotatable bonds is 6. The topological polar surface area (TPSA) is 115 Å². The van der Waals surface area contributed by atoms with E-state index in [1.165, 1.54) is 37.2 Å². The first-order chi connectivity index (χ1) is 14.3. The highest BCUT2D eigenvalue weighted by Gasteiger charge is 2.44. The molecule has 0 spiro atoms. The maximum Gasteiger partial charge on any atom is 0.332 e. The van der Waals surface area contributed by atoms with Crippen molar-refractivity contribution in [3.63, 3.8) is 0 Å². The number of carbonyl (C=O) groups excluding carboxylic acids is 1. The molecule has 2 saturated carbocycles. The van der Waals surface area contributed by atoms with Gasteiger partial charge in [0, 0.05) is 17.3 Å². The smallest absolute Gasteiger partial charge is 0.332 e. The Morgan fingerprint density at radius 3 is 2.77 bits per heavy atom. The number of aliphatic hydroxyl groups is 1. The molecule has 4 N–H and O–H groups in total. The van der Waals surface area contributed by atoms with Gasteiger partial charge in [-0.05, 0) is 61.1 Å². The normalized spacial score (nSPS) is 21.4. The summed E-state index contributed by atoms with van der Waals surface area (Å²) in [4.78, 5) is 12.7. The molecule has 0 radical (unpaired) electrons. The number of urea groups is 1. The van der Waals surface area contributed by atoms with E-state index < -0.39 is 21.5 Å². The van der Waals surface area contributed by atoms with Crippen LogP contribution >= 0.6 is 0 Å². The summed E-state index contributed by atoms with van der Waals surface area (Å²) < 4.78 is 28.5. The quantitative estimate of drug-likeness (QED) is 0.550. The van der Waals surface area contributed by atoms with Crippen LogP contribution in [0.5, 0.6) is 0 Å². The summed E-state index contributed by atoms with van der Waals surface area (Å²) in [6, 6.07) is 5.00. The molecule has 8 heteroatoms. The van der Waals surface area contributed by atoms with Crippen LogP contribution in [0.2, 0.25) is 0 Å². The molecule has 7 nitrogen and oxygen atoms in total. The number of nitrogens with one attached hydrogen (secondary N) is 3. The first-order valence-corrected chi connectivity index (χ1v) is 12.2. The zero-order valence-electron chi connectivity index (χ0n) is 16.8. The van der Waals surface area contributed by atoms with Gasteiger partial charge in [0.05, 0.1) is 11.9 Å². The second kappa shape index (κ2) is 7.13. The van der Waals surface area contributed by atoms with Crippen molar-refractivity contribution in [1.82, 2.24) is 4.72 Å². The van der Waals surface area contributed by atoms with Crippen molar-refractivity contribution in [2.45, 2.75) is 68.5 Å². The molecule has 3 aliphatic rings. The number of carbonyl (C=O) groups is 1. The third-order valence-corrected chi connectivity index (χ3v) is 7.95. The lowest BCUT2D eigenvalue weighted by Gasteiger charge is -2.27. The van der Waals surface area contributed by atoms with E-state index in [9.17, 15) is 14.1 Å². The van der Waals surface area contributed by atoms with Crippen LogP contribution in [0.25, 0.3) is 0 Å². The highest BCUT2D eigenvalue weighted by Crippen LogP contribution is 2.46. The number of fused-ring (bicyclic) bond motifs is 1. The van der Waals surface area contributed by atoms with E-state index in [2.05, 4.69) is 22.2 Å². The van der Waals surface area contributed by atoms with Gasteiger partial charge in [0.2, 0.25) is 5.09 Å². The summed E-state index contributed by atoms with van der Waals surface area (Å²) in [6.45, 7) is 0. The van der Waals surface area contributed by atoms with Crippen molar-refractivity contribution in [2.75, 3.05) is 5.32 Å². The van der Waals surface area contributed by atoms with Crippen molar-refractivity contribution in [3.05, 3.63) is 46.7 Å². The Bertz CT molecular complexity index is 1100. The minimum atomic E-state index is -3.67. The first kappa shape index (κ1) is 19.6. The number of anilines is 1. The lowest BCUT2D eigenvalue weighted by molar-refractivity contribution is 0.150. The Morgan fingerprint density at radius 2 is 2.07 bits per heavy atom. The van der Waals surface area contributed by atoms with Crippen molar-refractivity contribution >= 4 is 21.6 Å². The Kier molecular flexibility index (Phi) is 4.67. The summed E-state index contributed by atoms with van der Waals surface area (Å²) in [5, 5.41) is 12.9. The number of furan rings is 1. The van der Waals surface area contributed by atoms with Crippen molar-refractivity contribution < 1.29 is 18.5 Å². The van der Waals surface area contributed by atoms with Crippen molar-refractivity contribution in [2.24, 2.45) is 5.92 Å². The molecule has 160 valence electrons. The molecule has 5 rings (SSSR count). The Hall–Kier alpha value is -2.32. The fraction of sp³-hybridized carbons (Fsp3) is 0.500. The minimum Gasteiger partial charge on any atom is -0.452 e. The Labute approximate surface area is 176 Å². The average Bonchev–Trinajstić information content (AvgIpc) is 3.10. The maximum absolute atomic E-state index is 12.8. The fourth-order valence-corrected chi connectivity index (χ4v) is 5.38. The zero-order chi connectivity index (χ0) is 20.9. The standard InChI is InChI=1S/C22H27N3O4S/c23-30(28,19-12-17(13-29-19)22(27)9-10-22)25-21(26)24-20-16(11-14-3-1-4-14)8-7-15-5-2-6-18(15)20/h7-8,12-14,27H,1-6,9-11H2,(H3,23,24,25,26,28). The predicted octanol–water partition coefficient (Wildman–Crippen LogP) is 4.23. The van der Waals surface area contributed by atoms with Gasteiger partial charge in [0.25, 0.3) is 0 Å². The average molecular weight is 430 g/mol. The molecule has 0 saturated heterocycles. The number of aryl methyl sites for hydroxylation is 1. The van der Waals surface area contributed by atoms with Crippen LogP contribution in [-0.4, -0.2) is 15.3 Å². The molecule has 30 heavy (non-hydrogen) atoms. The van der Waals surface area contributed by atoms with Gasteiger partial charge in [-0.3, -0.25) is 0 Å². The van der Waals surface area contributed by atoms with E-state index in [4.69, 9.17) is 9.20 Å². The van der Waals surface area contributed by atoms with E-state index in [1.807, 2.05) is 0 Å². The van der Waals surface area contributed by atoms with E-state index in [1.54, 1.807) is 0 Å². The summed E-state index contributed by atoms with van der Waals surface area (Å²) >= 11 is 0. The molecule has 0 aliphatic heterocycles. The van der Waals surface area contributed by atoms with Crippen molar-refractivity contribution in [1.29, 1.82) is 4.78 Å². The second-order valence-corrected chi connectivity index (χ2v) is 10.6. The lowest BCUT2D eigenvalue weighted by atomic mass is 9.80. The van der Waals surface area contributed by atoms with Gasteiger partial charge in [-0.25, -0.2) is 18.5 Å². The van der Waals surface area contributed by atoms with Crippen LogP contribution in [0.4, 0.5) is 10.5 Å². The molecule has 2 aromatic rings. The largest absolute Gasteiger partial charge is 0.452 e. The molecule has 1 aromatic carbocycles. The van der Waals surface area contributed by atoms with Crippen LogP contribution in [0.15, 0.2) is 34.0 Å². The molecule has 0 bridgehead atoms. The zero-order valence-corrected chi connectivity index (χ0v) is 17.6. The van der Waals surface area contributed by atoms with Crippen molar-refractivity contribution in [3.8, 4) is 0 Å². The molecule has 1 unspecified atom stereocenters. The third-order valence-electron chi connectivity index (χ3n) is 6.70. The van der Waals surface area contributed by atoms with Crippen LogP contribution in [0.1, 0.15) is 60.8 Å². The van der Waals surface area contributed by atoms with Gasteiger partial charge in [0.15, 0.2) is 9.92 Å². The minimum absolute atomic E-state index is 0.152. The molecule has 1 atom stereocenters. The molecule has 3 aliphatic carbocycles. The van der Waals surface area contributed by atoms with Gasteiger partial charge < -0.3 is 14.8 Å². The van der Waals surface area contributed by atoms with Gasteiger partial charge in [0.1, 0.15) is 0 Å². The highest BCUT2D eigenvalue weighted by atomic mass is 32.2. The summed E-state index contributed by atoms with van der Waals surface area (Å²) in [5.74, 6) is 0.656. The van der Waals surface area contributed by atoms with E-state index in [0.29, 0.717) is 24.3 Å². The highest BCUT2D eigenvalue weighted by molar-refractivity contribution is 7.91. The predicted molar refractivity (Wildman–Crippen MR) is 113 cm³/mol. The SMILES string of the molecule is N=S(=O)(NC(=O)Nc1c(CC2CCC2)ccc2c1CCC2)c1cc(C2(O)CC2)co1. The monoisotopic (exact) mass is 429 g/mol. The third kappa shape index (κ3) is 3.63. The van der Waals surface area contributed by atoms with Crippen LogP contribution in [0.3, 0.4) is 0 Å². The van der Waals surface area contributed by atoms with Crippen LogP contribution < -0.4 is 10.0 Å². The van der Waals surface area contributed by atoms with Gasteiger partial charge in [-0.15, -0.1) is 0 Å². The number of hydrogen-bond acceptors (Lipinski definition) is 5. The number of hydrogen-bond donors (Lipinski definition) is 4. The molecule has 2 fully saturated rings. The van der Waals surface area contributed by atoms with Gasteiger partial charge >= 0.3 is 6.03 Å². The molecular formula is C22H27N3O4S. The number of amides is 2. The molecule has 2 amide bonds. The first-order valence-electron chi connectivity index (χ1n) is 10.7. The molecule has 1 heterocycles.